The summed E-state index contributed by atoms with van der Waals surface area (Å²) in [6.45, 7) is 0. The van der Waals surface area contributed by atoms with Crippen molar-refractivity contribution in [2.45, 2.75) is 19.3 Å². The third-order valence-electron chi connectivity index (χ3n) is 3.74. The van der Waals surface area contributed by atoms with Crippen molar-refractivity contribution in [2.24, 2.45) is 5.41 Å². The molecule has 3 rings (SSSR count). The Bertz CT molecular complexity index is 595. The van der Waals surface area contributed by atoms with E-state index < -0.39 is 29.1 Å². The predicted molar refractivity (Wildman–Crippen MR) is 63.7 cm³/mol. The zero-order valence-corrected chi connectivity index (χ0v) is 9.98. The molecule has 98 valence electrons. The minimum atomic E-state index is -1.14. The molecular formula is C13H11FN2O3. The number of carbonyl (C=O) groups is 3. The quantitative estimate of drug-likeness (QED) is 0.781. The summed E-state index contributed by atoms with van der Waals surface area (Å²) < 4.78 is 13.2. The Morgan fingerprint density at radius 3 is 2.53 bits per heavy atom. The van der Waals surface area contributed by atoms with Gasteiger partial charge in [-0.25, -0.2) is 14.1 Å². The van der Waals surface area contributed by atoms with Gasteiger partial charge in [0.2, 0.25) is 5.91 Å². The van der Waals surface area contributed by atoms with E-state index in [2.05, 4.69) is 5.32 Å². The van der Waals surface area contributed by atoms with E-state index in [9.17, 15) is 18.8 Å². The van der Waals surface area contributed by atoms with Gasteiger partial charge in [-0.3, -0.25) is 14.9 Å². The van der Waals surface area contributed by atoms with E-state index in [-0.39, 0.29) is 5.69 Å². The average molecular weight is 262 g/mol. The zero-order valence-electron chi connectivity index (χ0n) is 9.98. The second kappa shape index (κ2) is 3.88. The van der Waals surface area contributed by atoms with Crippen LogP contribution in [0.2, 0.25) is 0 Å². The number of carbonyl (C=O) groups excluding carboxylic acids is 3. The van der Waals surface area contributed by atoms with Gasteiger partial charge in [0, 0.05) is 0 Å². The molecule has 1 aliphatic carbocycles. The number of nitrogens with zero attached hydrogens (tertiary/aromatic N) is 1. The van der Waals surface area contributed by atoms with Crippen LogP contribution in [0.25, 0.3) is 0 Å². The topological polar surface area (TPSA) is 66.5 Å². The molecule has 1 spiro atoms. The van der Waals surface area contributed by atoms with Crippen LogP contribution in [0.5, 0.6) is 0 Å². The van der Waals surface area contributed by atoms with E-state index in [1.807, 2.05) is 0 Å². The van der Waals surface area contributed by atoms with Gasteiger partial charge >= 0.3 is 6.03 Å². The summed E-state index contributed by atoms with van der Waals surface area (Å²) in [5.41, 5.74) is -0.999. The van der Waals surface area contributed by atoms with Gasteiger partial charge in [0.25, 0.3) is 5.91 Å². The van der Waals surface area contributed by atoms with E-state index >= 15 is 0 Å². The van der Waals surface area contributed by atoms with Crippen LogP contribution in [0.4, 0.5) is 14.9 Å². The van der Waals surface area contributed by atoms with Crippen LogP contribution in [0.1, 0.15) is 19.3 Å². The molecule has 4 amide bonds. The normalized spacial score (nSPS) is 21.3. The molecule has 6 heteroatoms. The Morgan fingerprint density at radius 1 is 1.21 bits per heavy atom. The molecule has 1 saturated heterocycles. The summed E-state index contributed by atoms with van der Waals surface area (Å²) in [7, 11) is 0. The van der Waals surface area contributed by atoms with Gasteiger partial charge in [-0.2, -0.15) is 0 Å². The first-order chi connectivity index (χ1) is 9.04. The first-order valence-electron chi connectivity index (χ1n) is 6.00. The Hall–Kier alpha value is -2.24. The molecule has 1 aliphatic heterocycles. The standard InChI is InChI=1S/C13H11FN2O3/c14-8-3-1-4-9(7-8)16-11(18)13(5-2-6-13)10(17)15-12(16)19/h1,3-4,7H,2,5-6H2,(H,15,17,19). The molecule has 0 bridgehead atoms. The van der Waals surface area contributed by atoms with Crippen LogP contribution in [0.3, 0.4) is 0 Å². The van der Waals surface area contributed by atoms with Crippen molar-refractivity contribution in [1.29, 1.82) is 0 Å². The van der Waals surface area contributed by atoms with Crippen LogP contribution in [0, 0.1) is 11.2 Å². The smallest absolute Gasteiger partial charge is 0.276 e. The average Bonchev–Trinajstić information content (AvgIpc) is 2.26. The molecule has 1 saturated carbocycles. The van der Waals surface area contributed by atoms with Crippen LogP contribution < -0.4 is 10.2 Å². The third-order valence-corrected chi connectivity index (χ3v) is 3.74. The number of rotatable bonds is 1. The van der Waals surface area contributed by atoms with Crippen molar-refractivity contribution in [3.63, 3.8) is 0 Å². The number of hydrogen-bond acceptors (Lipinski definition) is 3. The van der Waals surface area contributed by atoms with Crippen LogP contribution in [-0.2, 0) is 9.59 Å². The number of halogens is 1. The van der Waals surface area contributed by atoms with Crippen molar-refractivity contribution in [2.75, 3.05) is 4.90 Å². The van der Waals surface area contributed by atoms with E-state index in [1.165, 1.54) is 18.2 Å². The summed E-state index contributed by atoms with van der Waals surface area (Å²) in [4.78, 5) is 36.8. The Kier molecular flexibility index (Phi) is 2.41. The molecule has 0 radical (unpaired) electrons. The fraction of sp³-hybridized carbons (Fsp3) is 0.308. The van der Waals surface area contributed by atoms with Gasteiger partial charge in [-0.15, -0.1) is 0 Å². The second-order valence-corrected chi connectivity index (χ2v) is 4.82. The SMILES string of the molecule is O=C1NC(=O)C2(CCC2)C(=O)N1c1cccc(F)c1. The lowest BCUT2D eigenvalue weighted by molar-refractivity contribution is -0.148. The van der Waals surface area contributed by atoms with Crippen molar-refractivity contribution >= 4 is 23.5 Å². The minimum absolute atomic E-state index is 0.140. The molecule has 1 heterocycles. The first-order valence-corrected chi connectivity index (χ1v) is 6.00. The predicted octanol–water partition coefficient (Wildman–Crippen LogP) is 1.58. The lowest BCUT2D eigenvalue weighted by Crippen LogP contribution is -2.66. The number of anilines is 1. The molecular weight excluding hydrogens is 251 g/mol. The highest BCUT2D eigenvalue weighted by Gasteiger charge is 2.57. The van der Waals surface area contributed by atoms with Gasteiger partial charge in [0.15, 0.2) is 0 Å². The minimum Gasteiger partial charge on any atom is -0.276 e. The fourth-order valence-electron chi connectivity index (χ4n) is 2.50. The molecule has 5 nitrogen and oxygen atoms in total. The number of barbiturate groups is 1. The summed E-state index contributed by atoms with van der Waals surface area (Å²) in [6.07, 6.45) is 1.62. The molecule has 2 aliphatic rings. The molecule has 1 aromatic carbocycles. The monoisotopic (exact) mass is 262 g/mol. The Labute approximate surface area is 108 Å². The van der Waals surface area contributed by atoms with Gasteiger partial charge in [-0.05, 0) is 31.0 Å². The highest BCUT2D eigenvalue weighted by molar-refractivity contribution is 6.30. The molecule has 1 aromatic rings. The Morgan fingerprint density at radius 2 is 1.95 bits per heavy atom. The molecule has 0 unspecified atom stereocenters. The largest absolute Gasteiger partial charge is 0.335 e. The van der Waals surface area contributed by atoms with Crippen LogP contribution >= 0.6 is 0 Å². The van der Waals surface area contributed by atoms with Gasteiger partial charge in [0.1, 0.15) is 11.2 Å². The molecule has 2 fully saturated rings. The van der Waals surface area contributed by atoms with Crippen molar-refractivity contribution in [3.8, 4) is 0 Å². The third kappa shape index (κ3) is 1.56. The van der Waals surface area contributed by atoms with Gasteiger partial charge < -0.3 is 0 Å². The molecule has 1 N–H and O–H groups in total. The van der Waals surface area contributed by atoms with Gasteiger partial charge in [-0.1, -0.05) is 12.5 Å². The summed E-state index contributed by atoms with van der Waals surface area (Å²) >= 11 is 0. The fourth-order valence-corrected chi connectivity index (χ4v) is 2.50. The number of urea groups is 1. The maximum Gasteiger partial charge on any atom is 0.335 e. The second-order valence-electron chi connectivity index (χ2n) is 4.82. The number of hydrogen-bond donors (Lipinski definition) is 1. The summed E-state index contributed by atoms with van der Waals surface area (Å²) in [6, 6.07) is 4.37. The van der Waals surface area contributed by atoms with Crippen molar-refractivity contribution < 1.29 is 18.8 Å². The van der Waals surface area contributed by atoms with Crippen molar-refractivity contribution in [3.05, 3.63) is 30.1 Å². The maximum atomic E-state index is 13.2. The summed E-state index contributed by atoms with van der Waals surface area (Å²) in [5.74, 6) is -1.64. The molecule has 0 atom stereocenters. The van der Waals surface area contributed by atoms with Gasteiger partial charge in [0.05, 0.1) is 5.69 Å². The zero-order chi connectivity index (χ0) is 13.6. The van der Waals surface area contributed by atoms with E-state index in [1.54, 1.807) is 0 Å². The molecule has 0 aromatic heterocycles. The van der Waals surface area contributed by atoms with E-state index in [4.69, 9.17) is 0 Å². The van der Waals surface area contributed by atoms with Crippen molar-refractivity contribution in [1.82, 2.24) is 5.32 Å². The van der Waals surface area contributed by atoms with E-state index in [0.29, 0.717) is 12.8 Å². The van der Waals surface area contributed by atoms with Crippen LogP contribution in [0.15, 0.2) is 24.3 Å². The summed E-state index contributed by atoms with van der Waals surface area (Å²) in [5, 5.41) is 2.18. The van der Waals surface area contributed by atoms with E-state index in [0.717, 1.165) is 17.4 Å². The maximum absolute atomic E-state index is 13.2. The lowest BCUT2D eigenvalue weighted by atomic mass is 9.66. The highest BCUT2D eigenvalue weighted by atomic mass is 19.1. The number of benzene rings is 1. The molecule has 19 heavy (non-hydrogen) atoms. The number of imide groups is 2. The number of amides is 4. The highest BCUT2D eigenvalue weighted by Crippen LogP contribution is 2.45. The lowest BCUT2D eigenvalue weighted by Gasteiger charge is -2.44. The first kappa shape index (κ1) is 11.8. The number of nitrogens with one attached hydrogen (secondary N) is 1. The Balaban J connectivity index is 2.03. The van der Waals surface area contributed by atoms with Crippen LogP contribution in [-0.4, -0.2) is 17.8 Å².